The molecule has 1 aliphatic rings. The van der Waals surface area contributed by atoms with Gasteiger partial charge < -0.3 is 10.1 Å². The zero-order chi connectivity index (χ0) is 14.7. The minimum absolute atomic E-state index is 0.543. The third-order valence-electron chi connectivity index (χ3n) is 4.52. The van der Waals surface area contributed by atoms with Crippen LogP contribution in [0.2, 0.25) is 0 Å². The van der Waals surface area contributed by atoms with Crippen molar-refractivity contribution < 1.29 is 4.74 Å². The number of nitrogens with one attached hydrogen (secondary N) is 1. The van der Waals surface area contributed by atoms with Gasteiger partial charge in [0.05, 0.1) is 12.8 Å². The number of benzene rings is 1. The van der Waals surface area contributed by atoms with Gasteiger partial charge >= 0.3 is 0 Å². The Morgan fingerprint density at radius 2 is 2.05 bits per heavy atom. The maximum Gasteiger partial charge on any atom is 0.142 e. The standard InChI is InChI=1S/C17H26BrNO/c1-11(2)14-7-5-12(3)9-15(14)19-16-10-13(18)6-8-17(16)20-4/h6,8,10-12,14-15,19H,5,7,9H2,1-4H3. The van der Waals surface area contributed by atoms with E-state index < -0.39 is 0 Å². The summed E-state index contributed by atoms with van der Waals surface area (Å²) in [6.45, 7) is 7.05. The highest BCUT2D eigenvalue weighted by atomic mass is 79.9. The van der Waals surface area contributed by atoms with Crippen LogP contribution in [-0.2, 0) is 0 Å². The molecule has 0 spiro atoms. The van der Waals surface area contributed by atoms with Crippen molar-refractivity contribution in [3.8, 4) is 5.75 Å². The lowest BCUT2D eigenvalue weighted by Crippen LogP contribution is -2.37. The van der Waals surface area contributed by atoms with E-state index in [4.69, 9.17) is 4.74 Å². The summed E-state index contributed by atoms with van der Waals surface area (Å²) in [4.78, 5) is 0. The summed E-state index contributed by atoms with van der Waals surface area (Å²) in [7, 11) is 1.73. The van der Waals surface area contributed by atoms with Crippen LogP contribution in [-0.4, -0.2) is 13.2 Å². The predicted molar refractivity (Wildman–Crippen MR) is 89.4 cm³/mol. The van der Waals surface area contributed by atoms with Crippen molar-refractivity contribution in [2.75, 3.05) is 12.4 Å². The van der Waals surface area contributed by atoms with Gasteiger partial charge in [0.1, 0.15) is 5.75 Å². The van der Waals surface area contributed by atoms with Crippen LogP contribution in [0.1, 0.15) is 40.0 Å². The summed E-state index contributed by atoms with van der Waals surface area (Å²) in [5.41, 5.74) is 1.10. The summed E-state index contributed by atoms with van der Waals surface area (Å²) < 4.78 is 6.57. The molecular formula is C17H26BrNO. The van der Waals surface area contributed by atoms with Crippen molar-refractivity contribution in [2.45, 2.75) is 46.1 Å². The molecule has 0 amide bonds. The van der Waals surface area contributed by atoms with E-state index in [2.05, 4.69) is 48.1 Å². The molecule has 112 valence electrons. The fraction of sp³-hybridized carbons (Fsp3) is 0.647. The summed E-state index contributed by atoms with van der Waals surface area (Å²) >= 11 is 3.55. The average Bonchev–Trinajstić information content (AvgIpc) is 2.38. The highest BCUT2D eigenvalue weighted by Crippen LogP contribution is 2.37. The Labute approximate surface area is 131 Å². The minimum atomic E-state index is 0.543. The van der Waals surface area contributed by atoms with Gasteiger partial charge in [-0.1, -0.05) is 43.1 Å². The van der Waals surface area contributed by atoms with Gasteiger partial charge in [-0.15, -0.1) is 0 Å². The van der Waals surface area contributed by atoms with Gasteiger partial charge in [-0.2, -0.15) is 0 Å². The van der Waals surface area contributed by atoms with E-state index in [1.54, 1.807) is 7.11 Å². The van der Waals surface area contributed by atoms with Gasteiger partial charge in [-0.25, -0.2) is 0 Å². The van der Waals surface area contributed by atoms with E-state index in [0.717, 1.165) is 33.7 Å². The van der Waals surface area contributed by atoms with Crippen LogP contribution in [0.15, 0.2) is 22.7 Å². The summed E-state index contributed by atoms with van der Waals surface area (Å²) in [5.74, 6) is 3.20. The summed E-state index contributed by atoms with van der Waals surface area (Å²) in [6.07, 6.45) is 3.93. The quantitative estimate of drug-likeness (QED) is 0.800. The lowest BCUT2D eigenvalue weighted by Gasteiger charge is -2.38. The molecule has 1 aromatic carbocycles. The normalized spacial score (nSPS) is 26.6. The first kappa shape index (κ1) is 15.7. The molecule has 3 unspecified atom stereocenters. The molecule has 2 rings (SSSR count). The van der Waals surface area contributed by atoms with E-state index in [1.807, 2.05) is 12.1 Å². The van der Waals surface area contributed by atoms with Crippen LogP contribution in [0.5, 0.6) is 5.75 Å². The van der Waals surface area contributed by atoms with Crippen molar-refractivity contribution in [1.82, 2.24) is 0 Å². The molecule has 1 N–H and O–H groups in total. The minimum Gasteiger partial charge on any atom is -0.495 e. The number of ether oxygens (including phenoxy) is 1. The summed E-state index contributed by atoms with van der Waals surface area (Å²) in [6, 6.07) is 6.70. The molecule has 1 aromatic rings. The number of halogens is 1. The Bertz CT molecular complexity index is 447. The number of methoxy groups -OCH3 is 1. The molecule has 1 fully saturated rings. The molecule has 0 saturated heterocycles. The number of anilines is 1. The molecular weight excluding hydrogens is 314 g/mol. The van der Waals surface area contributed by atoms with Gasteiger partial charge in [0, 0.05) is 10.5 Å². The van der Waals surface area contributed by atoms with Crippen LogP contribution in [0.25, 0.3) is 0 Å². The second kappa shape index (κ2) is 6.84. The molecule has 0 radical (unpaired) electrons. The molecule has 20 heavy (non-hydrogen) atoms. The highest BCUT2D eigenvalue weighted by Gasteiger charge is 2.31. The zero-order valence-corrected chi connectivity index (χ0v) is 14.5. The molecule has 1 aliphatic carbocycles. The molecule has 2 nitrogen and oxygen atoms in total. The lowest BCUT2D eigenvalue weighted by molar-refractivity contribution is 0.211. The van der Waals surface area contributed by atoms with Crippen LogP contribution in [0.3, 0.4) is 0 Å². The van der Waals surface area contributed by atoms with Crippen molar-refractivity contribution in [3.63, 3.8) is 0 Å². The fourth-order valence-electron chi connectivity index (χ4n) is 3.36. The Morgan fingerprint density at radius 3 is 2.70 bits per heavy atom. The number of rotatable bonds is 4. The highest BCUT2D eigenvalue weighted by molar-refractivity contribution is 9.10. The van der Waals surface area contributed by atoms with Gasteiger partial charge in [0.25, 0.3) is 0 Å². The molecule has 3 heteroatoms. The van der Waals surface area contributed by atoms with E-state index >= 15 is 0 Å². The monoisotopic (exact) mass is 339 g/mol. The Hall–Kier alpha value is -0.700. The van der Waals surface area contributed by atoms with Gasteiger partial charge in [0.15, 0.2) is 0 Å². The first-order valence-electron chi connectivity index (χ1n) is 7.61. The predicted octanol–water partition coefficient (Wildman–Crippen LogP) is 5.33. The second-order valence-electron chi connectivity index (χ2n) is 6.42. The van der Waals surface area contributed by atoms with Crippen LogP contribution >= 0.6 is 15.9 Å². The second-order valence-corrected chi connectivity index (χ2v) is 7.34. The number of hydrogen-bond donors (Lipinski definition) is 1. The summed E-state index contributed by atoms with van der Waals surface area (Å²) in [5, 5.41) is 3.75. The Balaban J connectivity index is 2.19. The topological polar surface area (TPSA) is 21.3 Å². The van der Waals surface area contributed by atoms with Crippen LogP contribution in [0, 0.1) is 17.8 Å². The Morgan fingerprint density at radius 1 is 1.30 bits per heavy atom. The average molecular weight is 340 g/mol. The molecule has 3 atom stereocenters. The van der Waals surface area contributed by atoms with Gasteiger partial charge in [-0.05, 0) is 48.8 Å². The first-order valence-corrected chi connectivity index (χ1v) is 8.40. The molecule has 0 heterocycles. The first-order chi connectivity index (χ1) is 9.51. The third-order valence-corrected chi connectivity index (χ3v) is 5.02. The van der Waals surface area contributed by atoms with E-state index in [9.17, 15) is 0 Å². The van der Waals surface area contributed by atoms with Gasteiger partial charge in [0.2, 0.25) is 0 Å². The fourth-order valence-corrected chi connectivity index (χ4v) is 3.72. The third kappa shape index (κ3) is 3.69. The van der Waals surface area contributed by atoms with Crippen LogP contribution in [0.4, 0.5) is 5.69 Å². The smallest absolute Gasteiger partial charge is 0.142 e. The largest absolute Gasteiger partial charge is 0.495 e. The SMILES string of the molecule is COc1ccc(Br)cc1NC1CC(C)CCC1C(C)C. The molecule has 1 saturated carbocycles. The maximum absolute atomic E-state index is 5.48. The molecule has 0 aromatic heterocycles. The molecule has 0 aliphatic heterocycles. The molecule has 0 bridgehead atoms. The van der Waals surface area contributed by atoms with Crippen molar-refractivity contribution in [2.24, 2.45) is 17.8 Å². The van der Waals surface area contributed by atoms with Gasteiger partial charge in [-0.3, -0.25) is 0 Å². The maximum atomic E-state index is 5.48. The van der Waals surface area contributed by atoms with E-state index in [0.29, 0.717) is 6.04 Å². The van der Waals surface area contributed by atoms with Crippen LogP contribution < -0.4 is 10.1 Å². The Kier molecular flexibility index (Phi) is 5.36. The van der Waals surface area contributed by atoms with E-state index in [-0.39, 0.29) is 0 Å². The number of hydrogen-bond acceptors (Lipinski definition) is 2. The van der Waals surface area contributed by atoms with Crippen molar-refractivity contribution in [3.05, 3.63) is 22.7 Å². The lowest BCUT2D eigenvalue weighted by atomic mass is 9.74. The van der Waals surface area contributed by atoms with Crippen molar-refractivity contribution >= 4 is 21.6 Å². The van der Waals surface area contributed by atoms with E-state index in [1.165, 1.54) is 19.3 Å². The van der Waals surface area contributed by atoms with Crippen molar-refractivity contribution in [1.29, 1.82) is 0 Å². The zero-order valence-electron chi connectivity index (χ0n) is 12.9.